The molecule has 0 unspecified atom stereocenters. The fourth-order valence-corrected chi connectivity index (χ4v) is 5.35. The molecular weight excluding hydrogens is 621 g/mol. The number of carbonyl (C=O) groups excluding carboxylic acids is 4. The third kappa shape index (κ3) is 6.67. The summed E-state index contributed by atoms with van der Waals surface area (Å²) in [6, 6.07) is 26.4. The zero-order valence-corrected chi connectivity index (χ0v) is 24.4. The number of thioether (sulfide) groups is 1. The first-order valence-electron chi connectivity index (χ1n) is 12.8. The van der Waals surface area contributed by atoms with Crippen molar-refractivity contribution in [2.45, 2.75) is 4.90 Å². The molecule has 0 aromatic heterocycles. The van der Waals surface area contributed by atoms with Crippen molar-refractivity contribution in [3.63, 3.8) is 0 Å². The number of halogens is 2. The van der Waals surface area contributed by atoms with Crippen LogP contribution >= 0.6 is 27.7 Å². The molecule has 2 N–H and O–H groups in total. The van der Waals surface area contributed by atoms with Crippen LogP contribution < -0.4 is 10.6 Å². The lowest BCUT2D eigenvalue weighted by molar-refractivity contribution is -0.113. The lowest BCUT2D eigenvalue weighted by atomic mass is 10.1. The summed E-state index contributed by atoms with van der Waals surface area (Å²) < 4.78 is 15.1. The van der Waals surface area contributed by atoms with E-state index in [4.69, 9.17) is 0 Å². The molecule has 0 bridgehead atoms. The van der Waals surface area contributed by atoms with Crippen LogP contribution in [0.15, 0.2) is 112 Å². The Morgan fingerprint density at radius 2 is 1.45 bits per heavy atom. The Morgan fingerprint density at radius 3 is 2.10 bits per heavy atom. The average Bonchev–Trinajstić information content (AvgIpc) is 3.24. The van der Waals surface area contributed by atoms with E-state index in [1.165, 1.54) is 47.0 Å². The van der Waals surface area contributed by atoms with Gasteiger partial charge in [0.2, 0.25) is 0 Å². The fourth-order valence-electron chi connectivity index (χ4n) is 4.25. The van der Waals surface area contributed by atoms with E-state index in [-0.39, 0.29) is 29.6 Å². The van der Waals surface area contributed by atoms with Crippen LogP contribution in [0.3, 0.4) is 0 Å². The Hall–Kier alpha value is -4.54. The second-order valence-electron chi connectivity index (χ2n) is 9.18. The molecule has 1 aliphatic rings. The van der Waals surface area contributed by atoms with Crippen molar-refractivity contribution in [2.75, 3.05) is 17.6 Å². The van der Waals surface area contributed by atoms with Crippen LogP contribution in [0.25, 0.3) is 6.08 Å². The smallest absolute Gasteiger partial charge is 0.272 e. The Kier molecular flexibility index (Phi) is 8.94. The monoisotopic (exact) mass is 643 g/mol. The summed E-state index contributed by atoms with van der Waals surface area (Å²) in [6.45, 7) is 0.265. The number of imide groups is 1. The molecule has 0 aliphatic carbocycles. The SMILES string of the molecule is O=C(Nc1ccc(SCCN2C(=O)c3ccccc3C2=O)cc1)C(=Cc1ccc(Br)cc1)NC(=O)c1ccccc1F. The summed E-state index contributed by atoms with van der Waals surface area (Å²) >= 11 is 4.84. The maximum Gasteiger partial charge on any atom is 0.272 e. The predicted molar refractivity (Wildman–Crippen MR) is 164 cm³/mol. The van der Waals surface area contributed by atoms with E-state index in [0.29, 0.717) is 28.1 Å². The van der Waals surface area contributed by atoms with E-state index in [0.717, 1.165) is 9.37 Å². The van der Waals surface area contributed by atoms with Crippen molar-refractivity contribution >= 4 is 63.1 Å². The summed E-state index contributed by atoms with van der Waals surface area (Å²) in [6.07, 6.45) is 1.50. The van der Waals surface area contributed by atoms with Crippen LogP contribution in [0, 0.1) is 5.82 Å². The number of anilines is 1. The highest BCUT2D eigenvalue weighted by molar-refractivity contribution is 9.10. The van der Waals surface area contributed by atoms with Gasteiger partial charge in [0.25, 0.3) is 23.6 Å². The number of hydrogen-bond acceptors (Lipinski definition) is 5. The molecule has 0 saturated carbocycles. The third-order valence-electron chi connectivity index (χ3n) is 6.37. The topological polar surface area (TPSA) is 95.6 Å². The van der Waals surface area contributed by atoms with Gasteiger partial charge in [0, 0.05) is 27.4 Å². The van der Waals surface area contributed by atoms with Gasteiger partial charge in [-0.25, -0.2) is 4.39 Å². The Bertz CT molecular complexity index is 1670. The minimum absolute atomic E-state index is 0.0648. The van der Waals surface area contributed by atoms with Gasteiger partial charge >= 0.3 is 0 Å². The van der Waals surface area contributed by atoms with Crippen molar-refractivity contribution < 1.29 is 23.6 Å². The second-order valence-corrected chi connectivity index (χ2v) is 11.3. The van der Waals surface area contributed by atoms with Gasteiger partial charge < -0.3 is 10.6 Å². The number of hydrogen-bond donors (Lipinski definition) is 2. The Balaban J connectivity index is 1.23. The normalized spacial score (nSPS) is 12.7. The Labute approximate surface area is 253 Å². The number of nitrogens with one attached hydrogen (secondary N) is 2. The van der Waals surface area contributed by atoms with Gasteiger partial charge in [-0.2, -0.15) is 0 Å². The molecule has 1 heterocycles. The number of rotatable bonds is 9. The minimum Gasteiger partial charge on any atom is -0.321 e. The molecule has 210 valence electrons. The van der Waals surface area contributed by atoms with Gasteiger partial charge in [0.15, 0.2) is 0 Å². The van der Waals surface area contributed by atoms with Crippen LogP contribution in [-0.4, -0.2) is 40.8 Å². The summed E-state index contributed by atoms with van der Waals surface area (Å²) in [5.41, 5.74) is 1.73. The highest BCUT2D eigenvalue weighted by atomic mass is 79.9. The summed E-state index contributed by atoms with van der Waals surface area (Å²) in [4.78, 5) is 53.2. The van der Waals surface area contributed by atoms with Crippen LogP contribution in [0.4, 0.5) is 10.1 Å². The van der Waals surface area contributed by atoms with Gasteiger partial charge in [-0.15, -0.1) is 11.8 Å². The van der Waals surface area contributed by atoms with Crippen LogP contribution in [-0.2, 0) is 4.79 Å². The van der Waals surface area contributed by atoms with Gasteiger partial charge in [-0.05, 0) is 72.3 Å². The Morgan fingerprint density at radius 1 is 0.833 bits per heavy atom. The lowest BCUT2D eigenvalue weighted by Crippen LogP contribution is -2.31. The van der Waals surface area contributed by atoms with Gasteiger partial charge in [0.05, 0.1) is 16.7 Å². The van der Waals surface area contributed by atoms with E-state index < -0.39 is 17.6 Å². The van der Waals surface area contributed by atoms with Crippen LogP contribution in [0.1, 0.15) is 36.6 Å². The maximum atomic E-state index is 14.2. The van der Waals surface area contributed by atoms with Crippen LogP contribution in [0.5, 0.6) is 0 Å². The third-order valence-corrected chi connectivity index (χ3v) is 7.89. The second kappa shape index (κ2) is 13.0. The molecule has 10 heteroatoms. The summed E-state index contributed by atoms with van der Waals surface area (Å²) in [5, 5.41) is 5.29. The summed E-state index contributed by atoms with van der Waals surface area (Å²) in [5.74, 6) is -2.12. The largest absolute Gasteiger partial charge is 0.321 e. The van der Waals surface area contributed by atoms with Crippen molar-refractivity contribution in [3.05, 3.63) is 135 Å². The standard InChI is InChI=1S/C32H23BrFN3O4S/c33-21-11-9-20(10-12-21)19-28(36-29(38)26-7-3-4-8-27(26)34)30(39)35-22-13-15-23(16-14-22)42-18-17-37-31(40)24-5-1-2-6-25(24)32(37)41/h1-16,19H,17-18H2,(H,35,39)(H,36,38). The van der Waals surface area contributed by atoms with Crippen molar-refractivity contribution in [2.24, 2.45) is 0 Å². The maximum absolute atomic E-state index is 14.2. The number of amides is 4. The van der Waals surface area contributed by atoms with Gasteiger partial charge in [0.1, 0.15) is 11.5 Å². The number of carbonyl (C=O) groups is 4. The van der Waals surface area contributed by atoms with E-state index >= 15 is 0 Å². The summed E-state index contributed by atoms with van der Waals surface area (Å²) in [7, 11) is 0. The van der Waals surface area contributed by atoms with E-state index in [9.17, 15) is 23.6 Å². The molecule has 5 rings (SSSR count). The number of nitrogens with zero attached hydrogens (tertiary/aromatic N) is 1. The average molecular weight is 645 g/mol. The molecule has 42 heavy (non-hydrogen) atoms. The molecule has 1 aliphatic heterocycles. The number of fused-ring (bicyclic) bond motifs is 1. The molecule has 4 amide bonds. The first-order valence-corrected chi connectivity index (χ1v) is 14.6. The molecule has 0 radical (unpaired) electrons. The predicted octanol–water partition coefficient (Wildman–Crippen LogP) is 6.39. The first kappa shape index (κ1) is 29.0. The fraction of sp³-hybridized carbons (Fsp3) is 0.0625. The highest BCUT2D eigenvalue weighted by Gasteiger charge is 2.34. The molecule has 0 atom stereocenters. The quantitative estimate of drug-likeness (QED) is 0.125. The highest BCUT2D eigenvalue weighted by Crippen LogP contribution is 2.25. The molecule has 0 spiro atoms. The molecule has 7 nitrogen and oxygen atoms in total. The molecular formula is C32H23BrFN3O4S. The molecule has 4 aromatic rings. The molecule has 4 aromatic carbocycles. The van der Waals surface area contributed by atoms with Gasteiger partial charge in [-0.3, -0.25) is 24.1 Å². The van der Waals surface area contributed by atoms with E-state index in [1.54, 1.807) is 72.8 Å². The van der Waals surface area contributed by atoms with Crippen molar-refractivity contribution in [1.29, 1.82) is 0 Å². The van der Waals surface area contributed by atoms with E-state index in [2.05, 4.69) is 26.6 Å². The van der Waals surface area contributed by atoms with E-state index in [1.807, 2.05) is 0 Å². The first-order chi connectivity index (χ1) is 20.3. The zero-order valence-electron chi connectivity index (χ0n) is 22.0. The van der Waals surface area contributed by atoms with Crippen LogP contribution in [0.2, 0.25) is 0 Å². The number of benzene rings is 4. The van der Waals surface area contributed by atoms with Gasteiger partial charge in [-0.1, -0.05) is 52.3 Å². The van der Waals surface area contributed by atoms with Crippen molar-refractivity contribution in [1.82, 2.24) is 10.2 Å². The zero-order chi connectivity index (χ0) is 29.6. The molecule has 0 saturated heterocycles. The van der Waals surface area contributed by atoms with Crippen molar-refractivity contribution in [3.8, 4) is 0 Å². The molecule has 0 fully saturated rings. The lowest BCUT2D eigenvalue weighted by Gasteiger charge is -2.14. The minimum atomic E-state index is -0.753.